The second-order valence-corrected chi connectivity index (χ2v) is 7.39. The van der Waals surface area contributed by atoms with Gasteiger partial charge in [0.1, 0.15) is 0 Å². The first kappa shape index (κ1) is 17.8. The van der Waals surface area contributed by atoms with E-state index in [4.69, 9.17) is 0 Å². The van der Waals surface area contributed by atoms with Gasteiger partial charge < -0.3 is 4.90 Å². The highest BCUT2D eigenvalue weighted by atomic mass is 16.6. The van der Waals surface area contributed by atoms with Crippen molar-refractivity contribution in [2.45, 2.75) is 39.3 Å². The Morgan fingerprint density at radius 1 is 1.27 bits per heavy atom. The lowest BCUT2D eigenvalue weighted by molar-refractivity contribution is -0.384. The Morgan fingerprint density at radius 2 is 1.96 bits per heavy atom. The SMILES string of the molecule is CC(C)(C)n1ncc2c1CCN(C(=O)/C=C/c1ccc([N+](=O)[O-])cc1)C2. The number of aromatic nitrogens is 2. The van der Waals surface area contributed by atoms with Crippen molar-refractivity contribution in [3.8, 4) is 0 Å². The topological polar surface area (TPSA) is 81.3 Å². The van der Waals surface area contributed by atoms with E-state index >= 15 is 0 Å². The molecule has 1 aliphatic rings. The Labute approximate surface area is 152 Å². The molecule has 26 heavy (non-hydrogen) atoms. The molecule has 0 aliphatic carbocycles. The molecule has 136 valence electrons. The van der Waals surface area contributed by atoms with E-state index in [1.54, 1.807) is 23.1 Å². The fourth-order valence-electron chi connectivity index (χ4n) is 3.08. The molecule has 0 atom stereocenters. The Kier molecular flexibility index (Phi) is 4.63. The van der Waals surface area contributed by atoms with Crippen LogP contribution in [0, 0.1) is 10.1 Å². The van der Waals surface area contributed by atoms with Crippen LogP contribution in [-0.2, 0) is 23.3 Å². The summed E-state index contributed by atoms with van der Waals surface area (Å²) in [5, 5.41) is 15.2. The lowest BCUT2D eigenvalue weighted by atomic mass is 10.0. The normalized spacial score (nSPS) is 14.5. The number of fused-ring (bicyclic) bond motifs is 1. The summed E-state index contributed by atoms with van der Waals surface area (Å²) in [7, 11) is 0. The smallest absolute Gasteiger partial charge is 0.269 e. The summed E-state index contributed by atoms with van der Waals surface area (Å²) in [5.41, 5.74) is 2.99. The van der Waals surface area contributed by atoms with E-state index in [-0.39, 0.29) is 17.1 Å². The van der Waals surface area contributed by atoms with Crippen molar-refractivity contribution in [1.29, 1.82) is 0 Å². The number of nitro groups is 1. The van der Waals surface area contributed by atoms with E-state index in [2.05, 4.69) is 25.9 Å². The van der Waals surface area contributed by atoms with Gasteiger partial charge in [-0.3, -0.25) is 19.6 Å². The molecule has 0 unspecified atom stereocenters. The monoisotopic (exact) mass is 354 g/mol. The number of rotatable bonds is 3. The van der Waals surface area contributed by atoms with Crippen LogP contribution in [-0.4, -0.2) is 32.1 Å². The van der Waals surface area contributed by atoms with Crippen molar-refractivity contribution in [2.24, 2.45) is 0 Å². The molecule has 0 spiro atoms. The Hall–Kier alpha value is -2.96. The molecule has 1 aliphatic heterocycles. The Bertz CT molecular complexity index is 860. The van der Waals surface area contributed by atoms with E-state index in [1.807, 2.05) is 10.9 Å². The third-order valence-electron chi connectivity index (χ3n) is 4.40. The van der Waals surface area contributed by atoms with Crippen LogP contribution in [0.4, 0.5) is 5.69 Å². The van der Waals surface area contributed by atoms with Crippen molar-refractivity contribution in [3.63, 3.8) is 0 Å². The van der Waals surface area contributed by atoms with Crippen LogP contribution in [0.25, 0.3) is 6.08 Å². The van der Waals surface area contributed by atoms with Crippen LogP contribution in [0.2, 0.25) is 0 Å². The largest absolute Gasteiger partial charge is 0.334 e. The number of carbonyl (C=O) groups is 1. The van der Waals surface area contributed by atoms with Gasteiger partial charge in [0, 0.05) is 49.0 Å². The molecule has 0 bridgehead atoms. The molecule has 0 N–H and O–H groups in total. The van der Waals surface area contributed by atoms with Crippen LogP contribution in [0.5, 0.6) is 0 Å². The van der Waals surface area contributed by atoms with E-state index in [0.717, 1.165) is 17.5 Å². The minimum atomic E-state index is -0.443. The van der Waals surface area contributed by atoms with Gasteiger partial charge in [-0.1, -0.05) is 0 Å². The molecule has 0 saturated carbocycles. The van der Waals surface area contributed by atoms with Crippen molar-refractivity contribution < 1.29 is 9.72 Å². The van der Waals surface area contributed by atoms with Gasteiger partial charge in [-0.15, -0.1) is 0 Å². The number of non-ortho nitro benzene ring substituents is 1. The second kappa shape index (κ2) is 6.74. The van der Waals surface area contributed by atoms with E-state index < -0.39 is 4.92 Å². The minimum Gasteiger partial charge on any atom is -0.334 e. The standard InChI is InChI=1S/C19H22N4O3/c1-19(2,3)22-17-10-11-21(13-15(17)12-20-22)18(24)9-6-14-4-7-16(8-5-14)23(25)26/h4-9,12H,10-11,13H2,1-3H3/b9-6+. The van der Waals surface area contributed by atoms with Gasteiger partial charge in [0.15, 0.2) is 0 Å². The summed E-state index contributed by atoms with van der Waals surface area (Å²) in [6.07, 6.45) is 5.82. The molecular weight excluding hydrogens is 332 g/mol. The Balaban J connectivity index is 1.68. The summed E-state index contributed by atoms with van der Waals surface area (Å²) < 4.78 is 2.04. The summed E-state index contributed by atoms with van der Waals surface area (Å²) >= 11 is 0. The number of benzene rings is 1. The lowest BCUT2D eigenvalue weighted by Gasteiger charge is -2.29. The maximum absolute atomic E-state index is 12.5. The van der Waals surface area contributed by atoms with Gasteiger partial charge in [-0.05, 0) is 44.5 Å². The van der Waals surface area contributed by atoms with Gasteiger partial charge in [0.2, 0.25) is 5.91 Å². The third-order valence-corrected chi connectivity index (χ3v) is 4.40. The predicted molar refractivity (Wildman–Crippen MR) is 98.5 cm³/mol. The molecule has 0 radical (unpaired) electrons. The van der Waals surface area contributed by atoms with Gasteiger partial charge in [0.25, 0.3) is 5.69 Å². The molecule has 3 rings (SSSR count). The van der Waals surface area contributed by atoms with Crippen LogP contribution in [0.3, 0.4) is 0 Å². The minimum absolute atomic E-state index is 0.0351. The van der Waals surface area contributed by atoms with Crippen molar-refractivity contribution in [1.82, 2.24) is 14.7 Å². The number of hydrogen-bond donors (Lipinski definition) is 0. The first-order valence-corrected chi connectivity index (χ1v) is 8.53. The molecule has 1 amide bonds. The highest BCUT2D eigenvalue weighted by molar-refractivity contribution is 5.91. The van der Waals surface area contributed by atoms with Gasteiger partial charge >= 0.3 is 0 Å². The highest BCUT2D eigenvalue weighted by Gasteiger charge is 2.26. The average molecular weight is 354 g/mol. The molecule has 2 aromatic rings. The summed E-state index contributed by atoms with van der Waals surface area (Å²) in [4.78, 5) is 24.5. The van der Waals surface area contributed by atoms with E-state index in [9.17, 15) is 14.9 Å². The number of hydrogen-bond acceptors (Lipinski definition) is 4. The quantitative estimate of drug-likeness (QED) is 0.482. The number of nitrogens with zero attached hydrogens (tertiary/aromatic N) is 4. The van der Waals surface area contributed by atoms with Gasteiger partial charge in [-0.25, -0.2) is 0 Å². The maximum Gasteiger partial charge on any atom is 0.269 e. The van der Waals surface area contributed by atoms with E-state index in [0.29, 0.717) is 13.1 Å². The number of nitro benzene ring substituents is 1. The van der Waals surface area contributed by atoms with Gasteiger partial charge in [0.05, 0.1) is 16.7 Å². The zero-order valence-electron chi connectivity index (χ0n) is 15.2. The molecule has 1 aromatic carbocycles. The highest BCUT2D eigenvalue weighted by Crippen LogP contribution is 2.24. The number of amides is 1. The molecule has 0 fully saturated rings. The maximum atomic E-state index is 12.5. The van der Waals surface area contributed by atoms with Crippen molar-refractivity contribution >= 4 is 17.7 Å². The van der Waals surface area contributed by atoms with Gasteiger partial charge in [-0.2, -0.15) is 5.10 Å². The van der Waals surface area contributed by atoms with Crippen LogP contribution in [0.1, 0.15) is 37.6 Å². The zero-order chi connectivity index (χ0) is 18.9. The Morgan fingerprint density at radius 3 is 2.58 bits per heavy atom. The lowest BCUT2D eigenvalue weighted by Crippen LogP contribution is -2.36. The molecule has 7 heteroatoms. The van der Waals surface area contributed by atoms with E-state index in [1.165, 1.54) is 23.9 Å². The second-order valence-electron chi connectivity index (χ2n) is 7.39. The third kappa shape index (κ3) is 3.66. The molecule has 1 aromatic heterocycles. The first-order chi connectivity index (χ1) is 12.3. The summed E-state index contributed by atoms with van der Waals surface area (Å²) in [5.74, 6) is -0.0717. The van der Waals surface area contributed by atoms with Crippen molar-refractivity contribution in [3.05, 3.63) is 63.5 Å². The molecule has 2 heterocycles. The fourth-order valence-corrected chi connectivity index (χ4v) is 3.08. The first-order valence-electron chi connectivity index (χ1n) is 8.53. The average Bonchev–Trinajstić information content (AvgIpc) is 3.03. The summed E-state index contributed by atoms with van der Waals surface area (Å²) in [6.45, 7) is 7.55. The molecule has 7 nitrogen and oxygen atoms in total. The fraction of sp³-hybridized carbons (Fsp3) is 0.368. The van der Waals surface area contributed by atoms with Crippen molar-refractivity contribution in [2.75, 3.05) is 6.54 Å². The van der Waals surface area contributed by atoms with Crippen LogP contribution < -0.4 is 0 Å². The number of carbonyl (C=O) groups excluding carboxylic acids is 1. The molecular formula is C19H22N4O3. The predicted octanol–water partition coefficient (Wildman–Crippen LogP) is 3.14. The zero-order valence-corrected chi connectivity index (χ0v) is 15.2. The van der Waals surface area contributed by atoms with Crippen LogP contribution in [0.15, 0.2) is 36.5 Å². The summed E-state index contributed by atoms with van der Waals surface area (Å²) in [6, 6.07) is 6.11. The molecule has 0 saturated heterocycles. The van der Waals surface area contributed by atoms with Crippen LogP contribution >= 0.6 is 0 Å².